The van der Waals surface area contributed by atoms with Crippen LogP contribution in [0.15, 0.2) is 30.3 Å². The van der Waals surface area contributed by atoms with Gasteiger partial charge in [-0.3, -0.25) is 0 Å². The summed E-state index contributed by atoms with van der Waals surface area (Å²) in [5.41, 5.74) is 2.93. The first kappa shape index (κ1) is 14.7. The lowest BCUT2D eigenvalue weighted by Crippen LogP contribution is -2.32. The third kappa shape index (κ3) is 3.88. The molecule has 2 N–H and O–H groups in total. The highest BCUT2D eigenvalue weighted by atomic mass is 16.5. The largest absolute Gasteiger partial charge is 0.383 e. The van der Waals surface area contributed by atoms with E-state index in [4.69, 9.17) is 4.74 Å². The SMILES string of the molecule is CCCC(COC)NCc1n[nH]nc1-c1ccccc1. The highest BCUT2D eigenvalue weighted by molar-refractivity contribution is 5.60. The monoisotopic (exact) mass is 274 g/mol. The van der Waals surface area contributed by atoms with Gasteiger partial charge >= 0.3 is 0 Å². The van der Waals surface area contributed by atoms with Gasteiger partial charge in [0.15, 0.2) is 0 Å². The molecule has 0 spiro atoms. The summed E-state index contributed by atoms with van der Waals surface area (Å²) in [5.74, 6) is 0. The number of aromatic nitrogens is 3. The summed E-state index contributed by atoms with van der Waals surface area (Å²) in [4.78, 5) is 0. The first-order chi connectivity index (χ1) is 9.85. The van der Waals surface area contributed by atoms with Crippen LogP contribution in [-0.2, 0) is 11.3 Å². The molecule has 108 valence electrons. The third-order valence-electron chi connectivity index (χ3n) is 3.23. The van der Waals surface area contributed by atoms with Gasteiger partial charge in [-0.05, 0) is 6.42 Å². The standard InChI is InChI=1S/C15H22N4O/c1-3-7-13(11-20-2)16-10-14-15(18-19-17-14)12-8-5-4-6-9-12/h4-6,8-9,13,16H,3,7,10-11H2,1-2H3,(H,17,18,19). The number of nitrogens with zero attached hydrogens (tertiary/aromatic N) is 2. The fourth-order valence-corrected chi connectivity index (χ4v) is 2.24. The minimum atomic E-state index is 0.352. The highest BCUT2D eigenvalue weighted by Gasteiger charge is 2.12. The average Bonchev–Trinajstić information content (AvgIpc) is 2.94. The minimum absolute atomic E-state index is 0.352. The molecular formula is C15H22N4O. The summed E-state index contributed by atoms with van der Waals surface area (Å²) < 4.78 is 5.23. The summed E-state index contributed by atoms with van der Waals surface area (Å²) in [6, 6.07) is 10.4. The van der Waals surface area contributed by atoms with Crippen LogP contribution in [0, 0.1) is 0 Å². The van der Waals surface area contributed by atoms with E-state index in [9.17, 15) is 0 Å². The lowest BCUT2D eigenvalue weighted by Gasteiger charge is -2.16. The molecule has 0 saturated heterocycles. The Balaban J connectivity index is 2.02. The van der Waals surface area contributed by atoms with Crippen molar-refractivity contribution in [3.05, 3.63) is 36.0 Å². The zero-order valence-electron chi connectivity index (χ0n) is 12.1. The second kappa shape index (κ2) is 7.77. The fraction of sp³-hybridized carbons (Fsp3) is 0.467. The smallest absolute Gasteiger partial charge is 0.117 e. The summed E-state index contributed by atoms with van der Waals surface area (Å²) >= 11 is 0. The van der Waals surface area contributed by atoms with Crippen LogP contribution in [0.3, 0.4) is 0 Å². The van der Waals surface area contributed by atoms with Crippen LogP contribution in [0.5, 0.6) is 0 Å². The van der Waals surface area contributed by atoms with Crippen LogP contribution in [0.2, 0.25) is 0 Å². The summed E-state index contributed by atoms with van der Waals surface area (Å²) in [6.45, 7) is 3.58. The number of hydrogen-bond acceptors (Lipinski definition) is 4. The molecule has 0 aliphatic carbocycles. The normalized spacial score (nSPS) is 12.5. The van der Waals surface area contributed by atoms with Crippen molar-refractivity contribution in [3.8, 4) is 11.3 Å². The molecule has 0 aliphatic heterocycles. The lowest BCUT2D eigenvalue weighted by atomic mass is 10.1. The molecule has 0 bridgehead atoms. The molecule has 2 rings (SSSR count). The second-order valence-corrected chi connectivity index (χ2v) is 4.81. The Hall–Kier alpha value is -1.72. The van der Waals surface area contributed by atoms with Gasteiger partial charge in [0.2, 0.25) is 0 Å². The van der Waals surface area contributed by atoms with Crippen molar-refractivity contribution in [3.63, 3.8) is 0 Å². The first-order valence-electron chi connectivity index (χ1n) is 7.02. The number of nitrogens with one attached hydrogen (secondary N) is 2. The summed E-state index contributed by atoms with van der Waals surface area (Å²) in [6.07, 6.45) is 2.22. The number of rotatable bonds is 8. The molecule has 0 saturated carbocycles. The van der Waals surface area contributed by atoms with Crippen molar-refractivity contribution in [1.29, 1.82) is 0 Å². The van der Waals surface area contributed by atoms with Crippen molar-refractivity contribution in [2.75, 3.05) is 13.7 Å². The Morgan fingerprint density at radius 1 is 1.25 bits per heavy atom. The molecule has 1 aromatic heterocycles. The van der Waals surface area contributed by atoms with E-state index in [-0.39, 0.29) is 0 Å². The summed E-state index contributed by atoms with van der Waals surface area (Å²) in [7, 11) is 1.73. The number of ether oxygens (including phenoxy) is 1. The van der Waals surface area contributed by atoms with Gasteiger partial charge in [-0.15, -0.1) is 0 Å². The van der Waals surface area contributed by atoms with Crippen LogP contribution in [0.1, 0.15) is 25.5 Å². The molecular weight excluding hydrogens is 252 g/mol. The van der Waals surface area contributed by atoms with Gasteiger partial charge in [-0.2, -0.15) is 15.4 Å². The number of H-pyrrole nitrogens is 1. The topological polar surface area (TPSA) is 62.8 Å². The van der Waals surface area contributed by atoms with Gasteiger partial charge in [0.05, 0.1) is 6.61 Å². The molecule has 1 aromatic carbocycles. The first-order valence-corrected chi connectivity index (χ1v) is 7.02. The van der Waals surface area contributed by atoms with Crippen LogP contribution >= 0.6 is 0 Å². The minimum Gasteiger partial charge on any atom is -0.383 e. The van der Waals surface area contributed by atoms with E-state index in [1.807, 2.05) is 30.3 Å². The van der Waals surface area contributed by atoms with E-state index in [1.54, 1.807) is 7.11 Å². The fourth-order valence-electron chi connectivity index (χ4n) is 2.24. The molecule has 1 unspecified atom stereocenters. The lowest BCUT2D eigenvalue weighted by molar-refractivity contribution is 0.161. The van der Waals surface area contributed by atoms with E-state index in [2.05, 4.69) is 27.7 Å². The number of aromatic amines is 1. The van der Waals surface area contributed by atoms with Crippen molar-refractivity contribution in [1.82, 2.24) is 20.7 Å². The van der Waals surface area contributed by atoms with Gasteiger partial charge in [0, 0.05) is 25.3 Å². The van der Waals surface area contributed by atoms with E-state index >= 15 is 0 Å². The van der Waals surface area contributed by atoms with Crippen molar-refractivity contribution in [2.24, 2.45) is 0 Å². The van der Waals surface area contributed by atoms with Crippen LogP contribution in [0.25, 0.3) is 11.3 Å². The maximum Gasteiger partial charge on any atom is 0.117 e. The molecule has 0 radical (unpaired) electrons. The number of methoxy groups -OCH3 is 1. The molecule has 5 heteroatoms. The van der Waals surface area contributed by atoms with Gasteiger partial charge in [0.1, 0.15) is 11.4 Å². The quantitative estimate of drug-likeness (QED) is 0.776. The Bertz CT molecular complexity index is 492. The predicted molar refractivity (Wildman–Crippen MR) is 79.2 cm³/mol. The third-order valence-corrected chi connectivity index (χ3v) is 3.23. The maximum atomic E-state index is 5.23. The number of benzene rings is 1. The van der Waals surface area contributed by atoms with Gasteiger partial charge in [-0.25, -0.2) is 0 Å². The van der Waals surface area contributed by atoms with Crippen molar-refractivity contribution in [2.45, 2.75) is 32.4 Å². The Morgan fingerprint density at radius 3 is 2.75 bits per heavy atom. The van der Waals surface area contributed by atoms with Gasteiger partial charge < -0.3 is 10.1 Å². The highest BCUT2D eigenvalue weighted by Crippen LogP contribution is 2.18. The zero-order valence-corrected chi connectivity index (χ0v) is 12.1. The molecule has 0 fully saturated rings. The molecule has 1 heterocycles. The second-order valence-electron chi connectivity index (χ2n) is 4.81. The van der Waals surface area contributed by atoms with E-state index in [0.29, 0.717) is 19.2 Å². The molecule has 0 aliphatic rings. The van der Waals surface area contributed by atoms with Crippen LogP contribution in [0.4, 0.5) is 0 Å². The molecule has 20 heavy (non-hydrogen) atoms. The molecule has 5 nitrogen and oxygen atoms in total. The van der Waals surface area contributed by atoms with Gasteiger partial charge in [-0.1, -0.05) is 43.7 Å². The van der Waals surface area contributed by atoms with Gasteiger partial charge in [0.25, 0.3) is 0 Å². The Kier molecular flexibility index (Phi) is 5.70. The van der Waals surface area contributed by atoms with E-state index in [0.717, 1.165) is 29.8 Å². The Labute approximate surface area is 119 Å². The molecule has 1 atom stereocenters. The zero-order chi connectivity index (χ0) is 14.2. The van der Waals surface area contributed by atoms with E-state index in [1.165, 1.54) is 0 Å². The average molecular weight is 274 g/mol. The van der Waals surface area contributed by atoms with E-state index < -0.39 is 0 Å². The van der Waals surface area contributed by atoms with Crippen LogP contribution in [-0.4, -0.2) is 35.2 Å². The van der Waals surface area contributed by atoms with Crippen molar-refractivity contribution < 1.29 is 4.74 Å². The predicted octanol–water partition coefficient (Wildman–Crippen LogP) is 2.38. The Morgan fingerprint density at radius 2 is 2.05 bits per heavy atom. The molecule has 2 aromatic rings. The van der Waals surface area contributed by atoms with Crippen molar-refractivity contribution >= 4 is 0 Å². The molecule has 0 amide bonds. The maximum absolute atomic E-state index is 5.23. The summed E-state index contributed by atoms with van der Waals surface area (Å²) in [5, 5.41) is 14.7. The number of hydrogen-bond donors (Lipinski definition) is 2. The van der Waals surface area contributed by atoms with Crippen LogP contribution < -0.4 is 5.32 Å².